The molecular formula is C24H31N5O. The molecule has 1 aliphatic carbocycles. The maximum absolute atomic E-state index is 13.2. The monoisotopic (exact) mass is 405 g/mol. The first-order valence-electron chi connectivity index (χ1n) is 11.2. The highest BCUT2D eigenvalue weighted by Crippen LogP contribution is 2.27. The number of nitrogens with one attached hydrogen (secondary N) is 1. The van der Waals surface area contributed by atoms with Gasteiger partial charge in [0.25, 0.3) is 5.91 Å². The van der Waals surface area contributed by atoms with E-state index in [1.165, 1.54) is 38.5 Å². The highest BCUT2D eigenvalue weighted by Gasteiger charge is 2.23. The minimum Gasteiger partial charge on any atom is -0.354 e. The Balaban J connectivity index is 0.00000272. The SMILES string of the molecule is N#Cc1ccc(-c2nc(NCC3CCCCC3)ncc2C(=O)N2CCCCC2)cc1.[HH]. The van der Waals surface area contributed by atoms with Crippen molar-refractivity contribution in [3.8, 4) is 17.3 Å². The molecule has 2 aliphatic rings. The minimum atomic E-state index is -0.00658. The highest BCUT2D eigenvalue weighted by atomic mass is 16.2. The number of carbonyl (C=O) groups is 1. The van der Waals surface area contributed by atoms with Crippen LogP contribution >= 0.6 is 0 Å². The Kier molecular flexibility index (Phi) is 6.58. The van der Waals surface area contributed by atoms with Crippen LogP contribution in [0.1, 0.15) is 68.7 Å². The second-order valence-electron chi connectivity index (χ2n) is 8.38. The Morgan fingerprint density at radius 1 is 1.10 bits per heavy atom. The minimum absolute atomic E-state index is 0. The highest BCUT2D eigenvalue weighted by molar-refractivity contribution is 5.99. The van der Waals surface area contributed by atoms with Gasteiger partial charge in [0.2, 0.25) is 5.95 Å². The first-order valence-corrected chi connectivity index (χ1v) is 11.2. The van der Waals surface area contributed by atoms with Crippen molar-refractivity contribution in [2.24, 2.45) is 5.92 Å². The van der Waals surface area contributed by atoms with Crippen molar-refractivity contribution in [3.63, 3.8) is 0 Å². The van der Waals surface area contributed by atoms with Gasteiger partial charge in [0, 0.05) is 32.8 Å². The van der Waals surface area contributed by atoms with Gasteiger partial charge >= 0.3 is 0 Å². The molecule has 0 radical (unpaired) electrons. The van der Waals surface area contributed by atoms with E-state index in [-0.39, 0.29) is 7.33 Å². The molecule has 1 aliphatic heterocycles. The lowest BCUT2D eigenvalue weighted by Gasteiger charge is -2.27. The van der Waals surface area contributed by atoms with Gasteiger partial charge in [0.05, 0.1) is 22.9 Å². The molecule has 1 saturated heterocycles. The third-order valence-corrected chi connectivity index (χ3v) is 6.22. The summed E-state index contributed by atoms with van der Waals surface area (Å²) in [4.78, 5) is 24.3. The number of anilines is 1. The zero-order valence-electron chi connectivity index (χ0n) is 17.4. The van der Waals surface area contributed by atoms with Gasteiger partial charge in [0.1, 0.15) is 0 Å². The number of piperidine rings is 1. The summed E-state index contributed by atoms with van der Waals surface area (Å²) < 4.78 is 0. The van der Waals surface area contributed by atoms with Gasteiger partial charge in [-0.15, -0.1) is 0 Å². The van der Waals surface area contributed by atoms with Gasteiger partial charge in [0.15, 0.2) is 0 Å². The maximum atomic E-state index is 13.2. The van der Waals surface area contributed by atoms with E-state index in [1.807, 2.05) is 17.0 Å². The lowest BCUT2D eigenvalue weighted by atomic mass is 9.89. The number of likely N-dealkylation sites (tertiary alicyclic amines) is 1. The van der Waals surface area contributed by atoms with Gasteiger partial charge < -0.3 is 10.2 Å². The normalized spacial score (nSPS) is 17.4. The average Bonchev–Trinajstić information content (AvgIpc) is 2.83. The Morgan fingerprint density at radius 3 is 2.50 bits per heavy atom. The van der Waals surface area contributed by atoms with E-state index >= 15 is 0 Å². The molecule has 4 rings (SSSR count). The molecule has 2 heterocycles. The molecule has 0 unspecified atom stereocenters. The summed E-state index contributed by atoms with van der Waals surface area (Å²) in [6.07, 6.45) is 11.4. The number of benzene rings is 1. The van der Waals surface area contributed by atoms with Crippen molar-refractivity contribution in [2.75, 3.05) is 25.0 Å². The van der Waals surface area contributed by atoms with Gasteiger partial charge in [-0.05, 0) is 50.2 Å². The number of nitriles is 1. The van der Waals surface area contributed by atoms with Crippen molar-refractivity contribution in [3.05, 3.63) is 41.6 Å². The van der Waals surface area contributed by atoms with Crippen LogP contribution in [-0.2, 0) is 0 Å². The summed E-state index contributed by atoms with van der Waals surface area (Å²) in [5, 5.41) is 12.5. The largest absolute Gasteiger partial charge is 0.354 e. The Bertz CT molecular complexity index is 913. The van der Waals surface area contributed by atoms with Gasteiger partial charge in [-0.3, -0.25) is 4.79 Å². The number of amides is 1. The Labute approximate surface area is 179 Å². The van der Waals surface area contributed by atoms with E-state index in [2.05, 4.69) is 16.4 Å². The Morgan fingerprint density at radius 2 is 1.80 bits per heavy atom. The fraction of sp³-hybridized carbons (Fsp3) is 0.500. The van der Waals surface area contributed by atoms with E-state index in [0.29, 0.717) is 28.7 Å². The molecule has 158 valence electrons. The van der Waals surface area contributed by atoms with E-state index in [0.717, 1.165) is 38.0 Å². The molecule has 1 aromatic carbocycles. The summed E-state index contributed by atoms with van der Waals surface area (Å²) in [6.45, 7) is 2.44. The van der Waals surface area contributed by atoms with Crippen LogP contribution in [0.3, 0.4) is 0 Å². The number of rotatable bonds is 5. The molecule has 6 heteroatoms. The number of carbonyl (C=O) groups excluding carboxylic acids is 1. The summed E-state index contributed by atoms with van der Waals surface area (Å²) in [7, 11) is 0. The third kappa shape index (κ3) is 4.79. The fourth-order valence-corrected chi connectivity index (χ4v) is 4.44. The molecular weight excluding hydrogens is 374 g/mol. The van der Waals surface area contributed by atoms with Crippen LogP contribution in [0.25, 0.3) is 11.3 Å². The van der Waals surface area contributed by atoms with Crippen molar-refractivity contribution in [1.29, 1.82) is 5.26 Å². The number of hydrogen-bond acceptors (Lipinski definition) is 5. The van der Waals surface area contributed by atoms with Gasteiger partial charge in [-0.1, -0.05) is 31.4 Å². The van der Waals surface area contributed by atoms with Gasteiger partial charge in [-0.2, -0.15) is 5.26 Å². The van der Waals surface area contributed by atoms with Crippen LogP contribution in [0.5, 0.6) is 0 Å². The Hall–Kier alpha value is -2.94. The molecule has 2 fully saturated rings. The molecule has 0 spiro atoms. The van der Waals surface area contributed by atoms with E-state index in [1.54, 1.807) is 18.3 Å². The maximum Gasteiger partial charge on any atom is 0.257 e. The van der Waals surface area contributed by atoms with Crippen LogP contribution in [0.2, 0.25) is 0 Å². The van der Waals surface area contributed by atoms with Crippen molar-refractivity contribution in [1.82, 2.24) is 14.9 Å². The quantitative estimate of drug-likeness (QED) is 0.767. The molecule has 30 heavy (non-hydrogen) atoms. The summed E-state index contributed by atoms with van der Waals surface area (Å²) in [6, 6.07) is 9.39. The molecule has 1 amide bonds. The van der Waals surface area contributed by atoms with Crippen molar-refractivity contribution < 1.29 is 6.22 Å². The average molecular weight is 406 g/mol. The predicted octanol–water partition coefficient (Wildman–Crippen LogP) is 4.88. The van der Waals surface area contributed by atoms with Crippen molar-refractivity contribution in [2.45, 2.75) is 51.4 Å². The molecule has 2 aromatic rings. The van der Waals surface area contributed by atoms with Crippen LogP contribution < -0.4 is 5.32 Å². The van der Waals surface area contributed by atoms with E-state index in [9.17, 15) is 4.79 Å². The topological polar surface area (TPSA) is 81.9 Å². The molecule has 6 nitrogen and oxygen atoms in total. The summed E-state index contributed by atoms with van der Waals surface area (Å²) >= 11 is 0. The van der Waals surface area contributed by atoms with Crippen molar-refractivity contribution >= 4 is 11.9 Å². The molecule has 1 N–H and O–H groups in total. The van der Waals surface area contributed by atoms with Crippen LogP contribution in [0.4, 0.5) is 5.95 Å². The van der Waals surface area contributed by atoms with Gasteiger partial charge in [-0.25, -0.2) is 9.97 Å². The first-order chi connectivity index (χ1) is 14.7. The smallest absolute Gasteiger partial charge is 0.257 e. The molecule has 0 atom stereocenters. The van der Waals surface area contributed by atoms with Crippen LogP contribution in [-0.4, -0.2) is 40.4 Å². The fourth-order valence-electron chi connectivity index (χ4n) is 4.44. The number of hydrogen-bond donors (Lipinski definition) is 1. The zero-order chi connectivity index (χ0) is 20.8. The first kappa shape index (κ1) is 20.3. The zero-order valence-corrected chi connectivity index (χ0v) is 17.4. The number of nitrogens with zero attached hydrogens (tertiary/aromatic N) is 4. The van der Waals surface area contributed by atoms with Crippen LogP contribution in [0.15, 0.2) is 30.5 Å². The lowest BCUT2D eigenvalue weighted by Crippen LogP contribution is -2.36. The lowest BCUT2D eigenvalue weighted by molar-refractivity contribution is 0.0724. The summed E-state index contributed by atoms with van der Waals surface area (Å²) in [5.74, 6) is 1.22. The molecule has 1 saturated carbocycles. The summed E-state index contributed by atoms with van der Waals surface area (Å²) in [5.41, 5.74) is 2.59. The second kappa shape index (κ2) is 9.71. The third-order valence-electron chi connectivity index (χ3n) is 6.22. The second-order valence-corrected chi connectivity index (χ2v) is 8.38. The van der Waals surface area contributed by atoms with E-state index in [4.69, 9.17) is 10.2 Å². The molecule has 0 bridgehead atoms. The predicted molar refractivity (Wildman–Crippen MR) is 119 cm³/mol. The standard InChI is InChI=1S/C24H29N5O.H2/c25-15-18-9-11-20(12-10-18)22-21(23(30)29-13-5-2-6-14-29)17-27-24(28-22)26-16-19-7-3-1-4-8-19;/h9-12,17,19H,1-8,13-14,16H2,(H,26,27,28);1H. The number of aromatic nitrogens is 2. The van der Waals surface area contributed by atoms with Crippen LogP contribution in [0, 0.1) is 17.2 Å². The molecule has 1 aromatic heterocycles. The van der Waals surface area contributed by atoms with E-state index < -0.39 is 0 Å².